The number of nitrogens with one attached hydrogen (secondary N) is 2. The van der Waals surface area contributed by atoms with E-state index in [0.717, 1.165) is 18.4 Å². The van der Waals surface area contributed by atoms with E-state index < -0.39 is 12.5 Å². The van der Waals surface area contributed by atoms with Crippen molar-refractivity contribution >= 4 is 23.6 Å². The van der Waals surface area contributed by atoms with Crippen molar-refractivity contribution in [3.63, 3.8) is 0 Å². The lowest BCUT2D eigenvalue weighted by Gasteiger charge is -2.14. The molecule has 0 saturated heterocycles. The maximum Gasteiger partial charge on any atom is 0.387 e. The second kappa shape index (κ2) is 10.1. The molecule has 0 heterocycles. The monoisotopic (exact) mass is 430 g/mol. The Bertz CT molecular complexity index is 957. The Morgan fingerprint density at radius 2 is 1.84 bits per heavy atom. The highest BCUT2D eigenvalue weighted by atomic mass is 19.3. The molecule has 3 rings (SSSR count). The zero-order chi connectivity index (χ0) is 22.4. The van der Waals surface area contributed by atoms with E-state index in [1.807, 2.05) is 19.1 Å². The number of alkyl halides is 2. The van der Waals surface area contributed by atoms with Gasteiger partial charge in [-0.15, -0.1) is 0 Å². The van der Waals surface area contributed by atoms with Gasteiger partial charge in [0.15, 0.2) is 11.5 Å². The molecule has 2 aromatic rings. The van der Waals surface area contributed by atoms with Crippen LogP contribution in [0.4, 0.5) is 14.5 Å². The maximum atomic E-state index is 12.7. The van der Waals surface area contributed by atoms with Crippen LogP contribution in [0.25, 0.3) is 6.08 Å². The van der Waals surface area contributed by atoms with Crippen molar-refractivity contribution in [3.05, 3.63) is 59.7 Å². The van der Waals surface area contributed by atoms with Gasteiger partial charge in [-0.3, -0.25) is 9.59 Å². The van der Waals surface area contributed by atoms with Crippen molar-refractivity contribution in [3.8, 4) is 11.5 Å². The summed E-state index contributed by atoms with van der Waals surface area (Å²) in [6, 6.07) is 11.6. The largest absolute Gasteiger partial charge is 0.493 e. The molecule has 1 fully saturated rings. The summed E-state index contributed by atoms with van der Waals surface area (Å²) in [6.07, 6.45) is 4.50. The van der Waals surface area contributed by atoms with E-state index in [1.165, 1.54) is 25.3 Å². The molecule has 0 aromatic heterocycles. The van der Waals surface area contributed by atoms with Crippen LogP contribution in [0.2, 0.25) is 0 Å². The number of benzene rings is 2. The van der Waals surface area contributed by atoms with E-state index in [9.17, 15) is 18.4 Å². The molecule has 8 heteroatoms. The molecule has 0 spiro atoms. The van der Waals surface area contributed by atoms with E-state index in [4.69, 9.17) is 4.74 Å². The summed E-state index contributed by atoms with van der Waals surface area (Å²) in [5.74, 6) is -0.233. The molecule has 1 aliphatic carbocycles. The summed E-state index contributed by atoms with van der Waals surface area (Å²) in [5.41, 5.74) is 1.86. The molecule has 2 aromatic carbocycles. The highest BCUT2D eigenvalue weighted by Gasteiger charge is 2.29. The number of hydrogen-bond donors (Lipinski definition) is 2. The molecule has 2 amide bonds. The Morgan fingerprint density at radius 3 is 2.45 bits per heavy atom. The fraction of sp³-hybridized carbons (Fsp3) is 0.304. The Kier molecular flexibility index (Phi) is 7.23. The predicted molar refractivity (Wildman–Crippen MR) is 113 cm³/mol. The van der Waals surface area contributed by atoms with Crippen LogP contribution >= 0.6 is 0 Å². The minimum absolute atomic E-state index is 0.0342. The third kappa shape index (κ3) is 6.28. The first-order chi connectivity index (χ1) is 14.9. The highest BCUT2D eigenvalue weighted by molar-refractivity contribution is 5.94. The molecular weight excluding hydrogens is 406 g/mol. The number of hydrogen-bond acceptors (Lipinski definition) is 4. The van der Waals surface area contributed by atoms with E-state index >= 15 is 0 Å². The number of anilines is 1. The summed E-state index contributed by atoms with van der Waals surface area (Å²) >= 11 is 0. The molecule has 31 heavy (non-hydrogen) atoms. The SMILES string of the molecule is COc1cccc(/C=C/C(=O)NC(C)c2ccc(NC(=O)C3CC3)cc2)c1OC(F)F. The van der Waals surface area contributed by atoms with Crippen LogP contribution in [0, 0.1) is 5.92 Å². The number of ether oxygens (including phenoxy) is 2. The van der Waals surface area contributed by atoms with Gasteiger partial charge in [-0.05, 0) is 49.6 Å². The first-order valence-corrected chi connectivity index (χ1v) is 9.88. The highest BCUT2D eigenvalue weighted by Crippen LogP contribution is 2.33. The lowest BCUT2D eigenvalue weighted by atomic mass is 10.1. The fourth-order valence-corrected chi connectivity index (χ4v) is 3.00. The summed E-state index contributed by atoms with van der Waals surface area (Å²) in [7, 11) is 1.35. The molecule has 1 saturated carbocycles. The van der Waals surface area contributed by atoms with E-state index in [1.54, 1.807) is 24.3 Å². The summed E-state index contributed by atoms with van der Waals surface area (Å²) in [5, 5.41) is 5.67. The molecule has 1 aliphatic rings. The summed E-state index contributed by atoms with van der Waals surface area (Å²) < 4.78 is 35.0. The standard InChI is InChI=1S/C23H24F2N2O4/c1-14(15-8-11-18(12-9-15)27-22(29)17-6-7-17)26-20(28)13-10-16-4-3-5-19(30-2)21(16)31-23(24)25/h3-5,8-14,17,23H,6-7H2,1-2H3,(H,26,28)(H,27,29)/b13-10+. The molecule has 0 aliphatic heterocycles. The van der Waals surface area contributed by atoms with Crippen molar-refractivity contribution in [2.45, 2.75) is 32.4 Å². The Balaban J connectivity index is 1.61. The first-order valence-electron chi connectivity index (χ1n) is 9.88. The van der Waals surface area contributed by atoms with Crippen LogP contribution in [0.3, 0.4) is 0 Å². The van der Waals surface area contributed by atoms with Gasteiger partial charge in [0.1, 0.15) is 0 Å². The maximum absolute atomic E-state index is 12.7. The van der Waals surface area contributed by atoms with Crippen LogP contribution in [-0.4, -0.2) is 25.5 Å². The number of halogens is 2. The van der Waals surface area contributed by atoms with E-state index in [-0.39, 0.29) is 29.4 Å². The molecular formula is C23H24F2N2O4. The first kappa shape index (κ1) is 22.3. The molecule has 0 bridgehead atoms. The van der Waals surface area contributed by atoms with Gasteiger partial charge in [-0.1, -0.05) is 24.3 Å². The zero-order valence-electron chi connectivity index (χ0n) is 17.2. The average molecular weight is 430 g/mol. The van der Waals surface area contributed by atoms with Crippen molar-refractivity contribution in [2.75, 3.05) is 12.4 Å². The van der Waals surface area contributed by atoms with Crippen LogP contribution in [0.1, 0.15) is 36.9 Å². The van der Waals surface area contributed by atoms with Gasteiger partial charge in [-0.2, -0.15) is 8.78 Å². The van der Waals surface area contributed by atoms with Gasteiger partial charge in [0.2, 0.25) is 11.8 Å². The number of carbonyl (C=O) groups is 2. The molecule has 164 valence electrons. The minimum atomic E-state index is -3.02. The molecule has 2 N–H and O–H groups in total. The van der Waals surface area contributed by atoms with Crippen molar-refractivity contribution in [1.29, 1.82) is 0 Å². The van der Waals surface area contributed by atoms with Gasteiger partial charge in [0.25, 0.3) is 0 Å². The van der Waals surface area contributed by atoms with E-state index in [0.29, 0.717) is 11.3 Å². The summed E-state index contributed by atoms with van der Waals surface area (Å²) in [4.78, 5) is 24.1. The number of para-hydroxylation sites is 1. The lowest BCUT2D eigenvalue weighted by molar-refractivity contribution is -0.118. The molecule has 1 atom stereocenters. The Morgan fingerprint density at radius 1 is 1.13 bits per heavy atom. The summed E-state index contributed by atoms with van der Waals surface area (Å²) in [6.45, 7) is -1.20. The normalized spacial score (nSPS) is 14.4. The van der Waals surface area contributed by atoms with Gasteiger partial charge in [0, 0.05) is 23.2 Å². The number of rotatable bonds is 9. The number of carbonyl (C=O) groups excluding carboxylic acids is 2. The Hall–Kier alpha value is -3.42. The molecule has 0 radical (unpaired) electrons. The second-order valence-electron chi connectivity index (χ2n) is 7.21. The second-order valence-corrected chi connectivity index (χ2v) is 7.21. The topological polar surface area (TPSA) is 76.7 Å². The van der Waals surface area contributed by atoms with Crippen molar-refractivity contribution in [1.82, 2.24) is 5.32 Å². The third-order valence-electron chi connectivity index (χ3n) is 4.84. The van der Waals surface area contributed by atoms with Gasteiger partial charge < -0.3 is 20.1 Å². The third-order valence-corrected chi connectivity index (χ3v) is 4.84. The number of methoxy groups -OCH3 is 1. The van der Waals surface area contributed by atoms with Crippen LogP contribution in [0.15, 0.2) is 48.5 Å². The average Bonchev–Trinajstić information content (AvgIpc) is 3.58. The molecule has 6 nitrogen and oxygen atoms in total. The predicted octanol–water partition coefficient (Wildman–Crippen LogP) is 4.54. The fourth-order valence-electron chi connectivity index (χ4n) is 3.00. The van der Waals surface area contributed by atoms with Crippen molar-refractivity contribution < 1.29 is 27.8 Å². The zero-order valence-corrected chi connectivity index (χ0v) is 17.2. The van der Waals surface area contributed by atoms with Crippen LogP contribution in [-0.2, 0) is 9.59 Å². The lowest BCUT2D eigenvalue weighted by Crippen LogP contribution is -2.24. The van der Waals surface area contributed by atoms with Gasteiger partial charge in [0.05, 0.1) is 13.2 Å². The van der Waals surface area contributed by atoms with Crippen LogP contribution < -0.4 is 20.1 Å². The molecule has 1 unspecified atom stereocenters. The van der Waals surface area contributed by atoms with Gasteiger partial charge in [-0.25, -0.2) is 0 Å². The Labute approximate surface area is 179 Å². The van der Waals surface area contributed by atoms with Crippen LogP contribution in [0.5, 0.6) is 11.5 Å². The number of amides is 2. The van der Waals surface area contributed by atoms with Gasteiger partial charge >= 0.3 is 6.61 Å². The van der Waals surface area contributed by atoms with E-state index in [2.05, 4.69) is 15.4 Å². The minimum Gasteiger partial charge on any atom is -0.493 e. The van der Waals surface area contributed by atoms with Crippen molar-refractivity contribution in [2.24, 2.45) is 5.92 Å². The quantitative estimate of drug-likeness (QED) is 0.573. The smallest absolute Gasteiger partial charge is 0.387 e.